The molecule has 0 saturated carbocycles. The number of carboxylic acid groups (broad SMARTS) is 1. The highest BCUT2D eigenvalue weighted by atomic mass is 35.5. The number of fused-ring (bicyclic) bond motifs is 2. The fourth-order valence-electron chi connectivity index (χ4n) is 7.90. The molecule has 1 unspecified atom stereocenters. The fourth-order valence-corrected chi connectivity index (χ4v) is 8.07. The van der Waals surface area contributed by atoms with Gasteiger partial charge < -0.3 is 29.5 Å². The molecule has 2 saturated heterocycles. The number of anilines is 2. The van der Waals surface area contributed by atoms with Crippen molar-refractivity contribution in [1.82, 2.24) is 34.6 Å². The van der Waals surface area contributed by atoms with Crippen LogP contribution in [0.25, 0.3) is 11.3 Å². The first-order valence-corrected chi connectivity index (χ1v) is 20.8. The second-order valence-corrected chi connectivity index (χ2v) is 16.6. The number of hydrogen-bond acceptors (Lipinski definition) is 10. The first kappa shape index (κ1) is 41.8. The SMILES string of the molecule is CC1CCCCN1c1nnc2ccc(O[C@@H]3CC[C@H](NC(=O)Nc4cc(C(C)(C)C)nn4-c4ccc(Cl)c(OCCN5CCOCC5)c4)c4ccccc43)cn12.O=CO. The predicted molar refractivity (Wildman–Crippen MR) is 226 cm³/mol. The lowest BCUT2D eigenvalue weighted by Crippen LogP contribution is -2.38. The van der Waals surface area contributed by atoms with E-state index in [1.807, 2.05) is 53.1 Å². The van der Waals surface area contributed by atoms with Crippen LogP contribution in [0.1, 0.15) is 88.8 Å². The number of carbonyl (C=O) groups excluding carboxylic acids is 1. The molecule has 3 atom stereocenters. The summed E-state index contributed by atoms with van der Waals surface area (Å²) in [5.74, 6) is 2.72. The summed E-state index contributed by atoms with van der Waals surface area (Å²) < 4.78 is 22.1. The summed E-state index contributed by atoms with van der Waals surface area (Å²) in [5, 5.41) is 27.7. The van der Waals surface area contributed by atoms with E-state index in [4.69, 9.17) is 40.8 Å². The van der Waals surface area contributed by atoms with Gasteiger partial charge in [0.1, 0.15) is 30.0 Å². The summed E-state index contributed by atoms with van der Waals surface area (Å²) in [5.41, 5.74) is 4.19. The third kappa shape index (κ3) is 9.91. The molecule has 0 radical (unpaired) electrons. The van der Waals surface area contributed by atoms with E-state index < -0.39 is 0 Å². The molecule has 8 rings (SSSR count). The molecular weight excluding hydrogens is 774 g/mol. The molecule has 1 aliphatic carbocycles. The number of morpholine rings is 1. The van der Waals surface area contributed by atoms with Crippen LogP contribution in [0.2, 0.25) is 5.02 Å². The van der Waals surface area contributed by atoms with Crippen molar-refractivity contribution in [3.63, 3.8) is 0 Å². The monoisotopic (exact) mass is 827 g/mol. The maximum atomic E-state index is 13.8. The first-order valence-electron chi connectivity index (χ1n) is 20.4. The number of pyridine rings is 1. The zero-order chi connectivity index (χ0) is 41.5. The number of nitrogens with zero attached hydrogens (tertiary/aromatic N) is 7. The van der Waals surface area contributed by atoms with Crippen molar-refractivity contribution in [3.8, 4) is 17.2 Å². The Bertz CT molecular complexity index is 2220. The van der Waals surface area contributed by atoms with E-state index in [0.29, 0.717) is 35.7 Å². The highest BCUT2D eigenvalue weighted by Gasteiger charge is 2.31. The molecule has 15 nitrogen and oxygen atoms in total. The Morgan fingerprint density at radius 3 is 2.54 bits per heavy atom. The lowest BCUT2D eigenvalue weighted by atomic mass is 9.85. The van der Waals surface area contributed by atoms with Crippen molar-refractivity contribution in [3.05, 3.63) is 88.7 Å². The molecule has 3 aromatic heterocycles. The number of piperidine rings is 1. The van der Waals surface area contributed by atoms with Crippen LogP contribution in [-0.4, -0.2) is 98.9 Å². The van der Waals surface area contributed by atoms with Crippen molar-refractivity contribution in [2.45, 2.75) is 83.4 Å². The van der Waals surface area contributed by atoms with Crippen LogP contribution in [0.4, 0.5) is 16.6 Å². The molecule has 16 heteroatoms. The minimum absolute atomic E-state index is 0.176. The Morgan fingerprint density at radius 1 is 1.00 bits per heavy atom. The van der Waals surface area contributed by atoms with Gasteiger partial charge in [0.2, 0.25) is 5.95 Å². The highest BCUT2D eigenvalue weighted by Crippen LogP contribution is 2.39. The number of amides is 2. The lowest BCUT2D eigenvalue weighted by Gasteiger charge is -2.33. The van der Waals surface area contributed by atoms with Crippen LogP contribution in [-0.2, 0) is 14.9 Å². The van der Waals surface area contributed by atoms with Crippen molar-refractivity contribution >= 4 is 41.5 Å². The van der Waals surface area contributed by atoms with Crippen molar-refractivity contribution in [1.29, 1.82) is 0 Å². The topological polar surface area (TPSA) is 161 Å². The summed E-state index contributed by atoms with van der Waals surface area (Å²) in [7, 11) is 0. The molecular formula is C43H54ClN9O6. The average Bonchev–Trinajstić information content (AvgIpc) is 3.85. The van der Waals surface area contributed by atoms with Gasteiger partial charge >= 0.3 is 6.03 Å². The van der Waals surface area contributed by atoms with Crippen LogP contribution in [0.3, 0.4) is 0 Å². The molecule has 5 aromatic rings. The third-order valence-electron chi connectivity index (χ3n) is 11.1. The number of carbonyl (C=O) groups is 2. The van der Waals surface area contributed by atoms with Crippen LogP contribution >= 0.6 is 11.6 Å². The number of aromatic nitrogens is 5. The van der Waals surface area contributed by atoms with Gasteiger partial charge in [-0.2, -0.15) is 5.10 Å². The van der Waals surface area contributed by atoms with Crippen molar-refractivity contribution in [2.75, 3.05) is 56.2 Å². The Hall–Kier alpha value is -5.38. The smallest absolute Gasteiger partial charge is 0.320 e. The summed E-state index contributed by atoms with van der Waals surface area (Å²) in [6, 6.07) is 19.5. The van der Waals surface area contributed by atoms with E-state index in [1.54, 1.807) is 10.7 Å². The van der Waals surface area contributed by atoms with Gasteiger partial charge in [-0.05, 0) is 74.4 Å². The van der Waals surface area contributed by atoms with Gasteiger partial charge in [-0.1, -0.05) is 56.6 Å². The van der Waals surface area contributed by atoms with E-state index in [0.717, 1.165) is 98.5 Å². The zero-order valence-corrected chi connectivity index (χ0v) is 34.9. The van der Waals surface area contributed by atoms with Gasteiger partial charge in [-0.15, -0.1) is 10.2 Å². The number of nitrogens with one attached hydrogen (secondary N) is 2. The zero-order valence-electron chi connectivity index (χ0n) is 34.1. The minimum Gasteiger partial charge on any atom is -0.491 e. The summed E-state index contributed by atoms with van der Waals surface area (Å²) in [4.78, 5) is 26.8. The van der Waals surface area contributed by atoms with E-state index in [2.05, 4.69) is 70.5 Å². The van der Waals surface area contributed by atoms with Crippen LogP contribution < -0.4 is 25.0 Å². The van der Waals surface area contributed by atoms with Gasteiger partial charge in [-0.3, -0.25) is 19.4 Å². The van der Waals surface area contributed by atoms with E-state index in [1.165, 1.54) is 6.42 Å². The number of benzene rings is 2. The number of halogens is 1. The molecule has 0 bridgehead atoms. The van der Waals surface area contributed by atoms with E-state index >= 15 is 0 Å². The number of urea groups is 1. The van der Waals surface area contributed by atoms with Gasteiger partial charge in [0.05, 0.1) is 41.9 Å². The molecule has 0 spiro atoms. The fraction of sp³-hybridized carbons (Fsp3) is 0.465. The van der Waals surface area contributed by atoms with Gasteiger partial charge in [-0.25, -0.2) is 9.48 Å². The third-order valence-corrected chi connectivity index (χ3v) is 11.4. The van der Waals surface area contributed by atoms with Gasteiger partial charge in [0.15, 0.2) is 5.65 Å². The quantitative estimate of drug-likeness (QED) is 0.120. The molecule has 2 amide bonds. The highest BCUT2D eigenvalue weighted by molar-refractivity contribution is 6.32. The summed E-state index contributed by atoms with van der Waals surface area (Å²) in [6.07, 6.45) is 6.79. The Morgan fingerprint density at radius 2 is 1.78 bits per heavy atom. The Balaban J connectivity index is 0.00000171. The first-order chi connectivity index (χ1) is 28.5. The van der Waals surface area contributed by atoms with Crippen molar-refractivity contribution < 1.29 is 28.9 Å². The Kier molecular flexibility index (Phi) is 13.2. The van der Waals surface area contributed by atoms with Crippen LogP contribution in [0.5, 0.6) is 11.5 Å². The molecule has 3 N–H and O–H groups in total. The maximum absolute atomic E-state index is 13.8. The number of rotatable bonds is 10. The summed E-state index contributed by atoms with van der Waals surface area (Å²) >= 11 is 6.59. The normalized spacial score (nSPS) is 19.6. The number of hydrogen-bond donors (Lipinski definition) is 3. The van der Waals surface area contributed by atoms with Crippen molar-refractivity contribution in [2.24, 2.45) is 0 Å². The van der Waals surface area contributed by atoms with Crippen LogP contribution in [0, 0.1) is 0 Å². The second-order valence-electron chi connectivity index (χ2n) is 16.2. The lowest BCUT2D eigenvalue weighted by molar-refractivity contribution is -0.122. The van der Waals surface area contributed by atoms with E-state index in [9.17, 15) is 4.79 Å². The molecule has 2 aliphatic heterocycles. The average molecular weight is 828 g/mol. The van der Waals surface area contributed by atoms with Gasteiger partial charge in [0.25, 0.3) is 6.47 Å². The molecule has 2 aromatic carbocycles. The molecule has 3 aliphatic rings. The standard InChI is InChI=1S/C42H52ClN9O4.CH2O2/c1-28-9-7-8-18-50(28)41-47-46-38-17-13-30(27-51(38)41)56-35-16-15-34(31-10-5-6-11-32(31)35)44-40(53)45-39-26-37(42(2,3)4)48-52(39)29-12-14-33(43)36(25-29)55-24-21-49-19-22-54-23-20-49;2-1-3/h5-6,10-14,17,25-28,34-35H,7-9,15-16,18-24H2,1-4H3,(H2,44,45,53);1H,(H,2,3)/t28?,34-,35+;/m0./s1. The molecule has 2 fully saturated rings. The minimum atomic E-state index is -0.320. The molecule has 5 heterocycles. The maximum Gasteiger partial charge on any atom is 0.320 e. The van der Waals surface area contributed by atoms with E-state index in [-0.39, 0.29) is 30.1 Å². The Labute approximate surface area is 349 Å². The molecule has 314 valence electrons. The number of ether oxygens (including phenoxy) is 3. The largest absolute Gasteiger partial charge is 0.491 e. The second kappa shape index (κ2) is 18.7. The summed E-state index contributed by atoms with van der Waals surface area (Å²) in [6.45, 7) is 13.8. The predicted octanol–water partition coefficient (Wildman–Crippen LogP) is 7.43. The molecule has 59 heavy (non-hydrogen) atoms. The van der Waals surface area contributed by atoms with Gasteiger partial charge in [0, 0.05) is 49.8 Å². The van der Waals surface area contributed by atoms with Crippen LogP contribution in [0.15, 0.2) is 66.9 Å².